The lowest BCUT2D eigenvalue weighted by molar-refractivity contribution is -0.178. The van der Waals surface area contributed by atoms with Crippen LogP contribution in [0, 0.1) is 11.3 Å². The number of esters is 3. The monoisotopic (exact) mass is 427 g/mol. The van der Waals surface area contributed by atoms with E-state index in [-0.39, 0.29) is 25.6 Å². The summed E-state index contributed by atoms with van der Waals surface area (Å²) in [6, 6.07) is -0.766. The van der Waals surface area contributed by atoms with Gasteiger partial charge in [-0.3, -0.25) is 14.4 Å². The smallest absolute Gasteiger partial charge is 0.325 e. The van der Waals surface area contributed by atoms with Crippen LogP contribution in [0.1, 0.15) is 86.5 Å². The quantitative estimate of drug-likeness (QED) is 0.305. The van der Waals surface area contributed by atoms with E-state index < -0.39 is 35.0 Å². The van der Waals surface area contributed by atoms with Crippen molar-refractivity contribution >= 4 is 17.9 Å². The first-order chi connectivity index (χ1) is 14.1. The summed E-state index contributed by atoms with van der Waals surface area (Å²) in [6.07, 6.45) is 5.41. The Balaban J connectivity index is 3.38. The van der Waals surface area contributed by atoms with Crippen molar-refractivity contribution in [2.24, 2.45) is 11.3 Å². The second-order valence-corrected chi connectivity index (χ2v) is 9.02. The van der Waals surface area contributed by atoms with Gasteiger partial charge >= 0.3 is 17.9 Å². The van der Waals surface area contributed by atoms with Crippen molar-refractivity contribution in [1.29, 1.82) is 0 Å². The fourth-order valence-corrected chi connectivity index (χ4v) is 4.26. The molecular formula is C23H41NO6. The zero-order valence-electron chi connectivity index (χ0n) is 19.7. The van der Waals surface area contributed by atoms with E-state index >= 15 is 0 Å². The van der Waals surface area contributed by atoms with Crippen LogP contribution in [-0.4, -0.2) is 49.3 Å². The van der Waals surface area contributed by atoms with Crippen molar-refractivity contribution in [3.05, 3.63) is 0 Å². The Kier molecular flexibility index (Phi) is 10.8. The predicted octanol–water partition coefficient (Wildman–Crippen LogP) is 3.78. The molecule has 30 heavy (non-hydrogen) atoms. The third kappa shape index (κ3) is 7.56. The van der Waals surface area contributed by atoms with E-state index in [1.165, 1.54) is 0 Å². The molecule has 0 amide bonds. The summed E-state index contributed by atoms with van der Waals surface area (Å²) in [5, 5.41) is 3.21. The first kappa shape index (κ1) is 26.4. The van der Waals surface area contributed by atoms with Gasteiger partial charge in [0.2, 0.25) is 0 Å². The molecule has 0 heterocycles. The van der Waals surface area contributed by atoms with Crippen LogP contribution in [0.3, 0.4) is 0 Å². The van der Waals surface area contributed by atoms with E-state index in [4.69, 9.17) is 14.2 Å². The van der Waals surface area contributed by atoms with Crippen molar-refractivity contribution in [2.45, 2.75) is 98.1 Å². The second kappa shape index (κ2) is 12.3. The van der Waals surface area contributed by atoms with Gasteiger partial charge in [-0.05, 0) is 53.5 Å². The Bertz CT molecular complexity index is 545. The molecule has 0 bridgehead atoms. The van der Waals surface area contributed by atoms with Crippen molar-refractivity contribution in [3.63, 3.8) is 0 Å². The fourth-order valence-electron chi connectivity index (χ4n) is 4.26. The molecule has 174 valence electrons. The molecule has 1 aliphatic carbocycles. The summed E-state index contributed by atoms with van der Waals surface area (Å²) in [7, 11) is 0. The topological polar surface area (TPSA) is 90.9 Å². The number of rotatable bonds is 11. The zero-order valence-corrected chi connectivity index (χ0v) is 19.7. The third-order valence-electron chi connectivity index (χ3n) is 5.45. The molecule has 7 nitrogen and oxygen atoms in total. The van der Waals surface area contributed by atoms with Gasteiger partial charge < -0.3 is 19.5 Å². The summed E-state index contributed by atoms with van der Waals surface area (Å²) in [6.45, 7) is 11.5. The van der Waals surface area contributed by atoms with E-state index in [9.17, 15) is 14.4 Å². The Morgan fingerprint density at radius 2 is 1.47 bits per heavy atom. The van der Waals surface area contributed by atoms with Crippen LogP contribution in [0.2, 0.25) is 0 Å². The number of nitrogens with one attached hydrogen (secondary N) is 1. The predicted molar refractivity (Wildman–Crippen MR) is 115 cm³/mol. The highest BCUT2D eigenvalue weighted by molar-refractivity contribution is 6.01. The van der Waals surface area contributed by atoms with Gasteiger partial charge in [0.25, 0.3) is 0 Å². The normalized spacial score (nSPS) is 16.6. The summed E-state index contributed by atoms with van der Waals surface area (Å²) in [5.41, 5.74) is -2.24. The van der Waals surface area contributed by atoms with Gasteiger partial charge in [-0.15, -0.1) is 0 Å². The average molecular weight is 428 g/mol. The maximum atomic E-state index is 13.3. The molecule has 0 aromatic rings. The Morgan fingerprint density at radius 1 is 0.933 bits per heavy atom. The molecule has 0 aliphatic heterocycles. The standard InChI is InChI=1S/C23H41NO6/c1-7-24-18(15-19(25)30-22(4,5)6)23(20(26)28-8-2,21(27)29-9-3)16-17-13-11-10-12-14-17/h17-18,24H,7-16H2,1-6H3. The molecule has 1 unspecified atom stereocenters. The van der Waals surface area contributed by atoms with E-state index in [2.05, 4.69) is 5.32 Å². The molecule has 1 N–H and O–H groups in total. The van der Waals surface area contributed by atoms with Gasteiger partial charge in [-0.25, -0.2) is 0 Å². The SMILES string of the molecule is CCNC(CC(=O)OC(C)(C)C)C(CC1CCCCC1)(C(=O)OCC)C(=O)OCC. The number of ether oxygens (including phenoxy) is 3. The molecular weight excluding hydrogens is 386 g/mol. The Morgan fingerprint density at radius 3 is 1.90 bits per heavy atom. The van der Waals surface area contributed by atoms with E-state index in [0.29, 0.717) is 13.0 Å². The second-order valence-electron chi connectivity index (χ2n) is 9.02. The Hall–Kier alpha value is -1.63. The van der Waals surface area contributed by atoms with Gasteiger partial charge in [-0.1, -0.05) is 39.0 Å². The number of carbonyl (C=O) groups is 3. The molecule has 1 rings (SSSR count). The van der Waals surface area contributed by atoms with Crippen molar-refractivity contribution < 1.29 is 28.6 Å². The van der Waals surface area contributed by atoms with Crippen LogP contribution >= 0.6 is 0 Å². The summed E-state index contributed by atoms with van der Waals surface area (Å²) >= 11 is 0. The minimum atomic E-state index is -1.58. The molecule has 0 aromatic carbocycles. The molecule has 0 radical (unpaired) electrons. The first-order valence-electron chi connectivity index (χ1n) is 11.4. The van der Waals surface area contributed by atoms with E-state index in [1.807, 2.05) is 6.92 Å². The Labute approximate surface area is 181 Å². The molecule has 1 atom stereocenters. The lowest BCUT2D eigenvalue weighted by Gasteiger charge is -2.39. The maximum absolute atomic E-state index is 13.3. The average Bonchev–Trinajstić information content (AvgIpc) is 2.65. The van der Waals surface area contributed by atoms with Gasteiger partial charge in [-0.2, -0.15) is 0 Å². The fraction of sp³-hybridized carbons (Fsp3) is 0.870. The molecule has 1 aliphatic rings. The van der Waals surface area contributed by atoms with Crippen molar-refractivity contribution in [3.8, 4) is 0 Å². The number of carbonyl (C=O) groups excluding carboxylic acids is 3. The van der Waals surface area contributed by atoms with Crippen LogP contribution < -0.4 is 5.32 Å². The van der Waals surface area contributed by atoms with E-state index in [1.54, 1.807) is 34.6 Å². The van der Waals surface area contributed by atoms with Crippen LogP contribution in [-0.2, 0) is 28.6 Å². The molecule has 1 fully saturated rings. The first-order valence-corrected chi connectivity index (χ1v) is 11.4. The van der Waals surface area contributed by atoms with Gasteiger partial charge in [0.15, 0.2) is 5.41 Å². The molecule has 0 saturated heterocycles. The summed E-state index contributed by atoms with van der Waals surface area (Å²) in [4.78, 5) is 39.3. The highest BCUT2D eigenvalue weighted by atomic mass is 16.6. The molecule has 7 heteroatoms. The summed E-state index contributed by atoms with van der Waals surface area (Å²) in [5.74, 6) is -1.51. The highest BCUT2D eigenvalue weighted by Crippen LogP contribution is 2.40. The van der Waals surface area contributed by atoms with Gasteiger partial charge in [0, 0.05) is 6.04 Å². The van der Waals surface area contributed by atoms with Gasteiger partial charge in [0.05, 0.1) is 19.6 Å². The zero-order chi connectivity index (χ0) is 22.8. The molecule has 1 saturated carbocycles. The number of hydrogen-bond donors (Lipinski definition) is 1. The van der Waals surface area contributed by atoms with Crippen LogP contribution in [0.5, 0.6) is 0 Å². The van der Waals surface area contributed by atoms with Crippen LogP contribution in [0.25, 0.3) is 0 Å². The lowest BCUT2D eigenvalue weighted by atomic mass is 9.69. The van der Waals surface area contributed by atoms with Gasteiger partial charge in [0.1, 0.15) is 5.60 Å². The van der Waals surface area contributed by atoms with Crippen LogP contribution in [0.4, 0.5) is 0 Å². The van der Waals surface area contributed by atoms with Crippen LogP contribution in [0.15, 0.2) is 0 Å². The largest absolute Gasteiger partial charge is 0.465 e. The third-order valence-corrected chi connectivity index (χ3v) is 5.45. The lowest BCUT2D eigenvalue weighted by Crippen LogP contribution is -2.58. The minimum absolute atomic E-state index is 0.116. The number of hydrogen-bond acceptors (Lipinski definition) is 7. The van der Waals surface area contributed by atoms with Crippen molar-refractivity contribution in [2.75, 3.05) is 19.8 Å². The summed E-state index contributed by atoms with van der Waals surface area (Å²) < 4.78 is 16.3. The molecule has 0 spiro atoms. The maximum Gasteiger partial charge on any atom is 0.325 e. The highest BCUT2D eigenvalue weighted by Gasteiger charge is 2.56. The minimum Gasteiger partial charge on any atom is -0.465 e. The molecule has 0 aromatic heterocycles. The van der Waals surface area contributed by atoms with E-state index in [0.717, 1.165) is 32.1 Å². The van der Waals surface area contributed by atoms with Crippen molar-refractivity contribution in [1.82, 2.24) is 5.32 Å².